The number of nitrogens with zero attached hydrogens (tertiary/aromatic N) is 5. The van der Waals surface area contributed by atoms with Crippen molar-refractivity contribution in [3.63, 3.8) is 0 Å². The molecule has 0 unspecified atom stereocenters. The normalized spacial score (nSPS) is 18.7. The van der Waals surface area contributed by atoms with E-state index in [0.29, 0.717) is 5.88 Å². The summed E-state index contributed by atoms with van der Waals surface area (Å²) in [5.74, 6) is 0.632. The molecule has 1 saturated heterocycles. The third-order valence-electron chi connectivity index (χ3n) is 3.89. The predicted molar refractivity (Wildman–Crippen MR) is 81.7 cm³/mol. The first kappa shape index (κ1) is 13.3. The minimum atomic E-state index is 0.157. The van der Waals surface area contributed by atoms with Crippen molar-refractivity contribution in [2.75, 3.05) is 13.1 Å². The Hall–Kier alpha value is -2.41. The summed E-state index contributed by atoms with van der Waals surface area (Å²) in [5.41, 5.74) is 2.65. The fourth-order valence-corrected chi connectivity index (χ4v) is 2.76. The van der Waals surface area contributed by atoms with Gasteiger partial charge in [-0.3, -0.25) is 4.68 Å². The molecule has 1 aliphatic heterocycles. The second kappa shape index (κ2) is 5.42. The average Bonchev–Trinajstić information content (AvgIpc) is 3.17. The van der Waals surface area contributed by atoms with Gasteiger partial charge >= 0.3 is 0 Å². The third-order valence-corrected chi connectivity index (χ3v) is 3.89. The Morgan fingerprint density at radius 1 is 1.32 bits per heavy atom. The van der Waals surface area contributed by atoms with Gasteiger partial charge in [-0.2, -0.15) is 10.2 Å². The lowest BCUT2D eigenvalue weighted by atomic mass is 10.1. The van der Waals surface area contributed by atoms with E-state index in [-0.39, 0.29) is 6.10 Å². The van der Waals surface area contributed by atoms with Crippen molar-refractivity contribution in [2.24, 2.45) is 7.05 Å². The second-order valence-electron chi connectivity index (χ2n) is 5.58. The summed E-state index contributed by atoms with van der Waals surface area (Å²) >= 11 is 0. The fraction of sp³-hybridized carbons (Fsp3) is 0.400. The Kier molecular flexibility index (Phi) is 3.27. The van der Waals surface area contributed by atoms with Gasteiger partial charge in [-0.1, -0.05) is 0 Å². The van der Waals surface area contributed by atoms with Gasteiger partial charge in [0.1, 0.15) is 11.6 Å². The molecule has 4 rings (SSSR count). The Morgan fingerprint density at radius 2 is 2.27 bits per heavy atom. The molecule has 4 heterocycles. The summed E-state index contributed by atoms with van der Waals surface area (Å²) in [6, 6.07) is 1.92. The van der Waals surface area contributed by atoms with Gasteiger partial charge in [0.2, 0.25) is 5.88 Å². The van der Waals surface area contributed by atoms with E-state index < -0.39 is 0 Å². The molecule has 3 aromatic rings. The summed E-state index contributed by atoms with van der Waals surface area (Å²) in [6.45, 7) is 1.92. The third kappa shape index (κ3) is 2.43. The lowest BCUT2D eigenvalue weighted by Gasteiger charge is -2.23. The molecule has 7 nitrogen and oxygen atoms in total. The fourth-order valence-electron chi connectivity index (χ4n) is 2.76. The van der Waals surface area contributed by atoms with E-state index in [1.165, 1.54) is 0 Å². The van der Waals surface area contributed by atoms with Gasteiger partial charge in [-0.05, 0) is 25.5 Å². The first-order valence-electron chi connectivity index (χ1n) is 7.50. The molecule has 1 N–H and O–H groups in total. The zero-order valence-corrected chi connectivity index (χ0v) is 12.4. The summed E-state index contributed by atoms with van der Waals surface area (Å²) in [6.07, 6.45) is 9.72. The Labute approximate surface area is 127 Å². The van der Waals surface area contributed by atoms with Crippen molar-refractivity contribution in [3.05, 3.63) is 30.9 Å². The summed E-state index contributed by atoms with van der Waals surface area (Å²) in [5, 5.41) is 11.9. The molecule has 1 atom stereocenters. The highest BCUT2D eigenvalue weighted by Crippen LogP contribution is 2.25. The van der Waals surface area contributed by atoms with E-state index in [1.54, 1.807) is 21.6 Å². The highest BCUT2D eigenvalue weighted by atomic mass is 16.5. The first-order valence-corrected chi connectivity index (χ1v) is 7.50. The molecule has 7 heteroatoms. The van der Waals surface area contributed by atoms with Crippen LogP contribution in [0.25, 0.3) is 16.8 Å². The minimum Gasteiger partial charge on any atom is -0.471 e. The quantitative estimate of drug-likeness (QED) is 0.788. The number of ether oxygens (including phenoxy) is 1. The van der Waals surface area contributed by atoms with Crippen LogP contribution < -0.4 is 10.1 Å². The van der Waals surface area contributed by atoms with E-state index in [4.69, 9.17) is 4.74 Å². The Morgan fingerprint density at radius 3 is 3.05 bits per heavy atom. The average molecular weight is 298 g/mol. The molecule has 1 fully saturated rings. The minimum absolute atomic E-state index is 0.157. The lowest BCUT2D eigenvalue weighted by Crippen LogP contribution is -2.37. The molecular weight excluding hydrogens is 280 g/mol. The number of aromatic nitrogens is 5. The van der Waals surface area contributed by atoms with Gasteiger partial charge in [0.05, 0.1) is 24.3 Å². The molecule has 0 bridgehead atoms. The largest absolute Gasteiger partial charge is 0.471 e. The monoisotopic (exact) mass is 298 g/mol. The molecule has 0 saturated carbocycles. The SMILES string of the molecule is Cn1cc(-c2cn3nccc3c(O[C@@H]3CCCNC3)n2)cn1. The molecular formula is C15H18N6O. The van der Waals surface area contributed by atoms with Crippen LogP contribution >= 0.6 is 0 Å². The molecule has 0 spiro atoms. The van der Waals surface area contributed by atoms with Crippen LogP contribution in [0.2, 0.25) is 0 Å². The molecule has 0 aromatic carbocycles. The molecule has 0 amide bonds. The van der Waals surface area contributed by atoms with E-state index >= 15 is 0 Å². The molecule has 114 valence electrons. The summed E-state index contributed by atoms with van der Waals surface area (Å²) < 4.78 is 9.70. The highest BCUT2D eigenvalue weighted by molar-refractivity contribution is 5.63. The zero-order valence-electron chi connectivity index (χ0n) is 12.4. The number of nitrogens with one attached hydrogen (secondary N) is 1. The van der Waals surface area contributed by atoms with Crippen LogP contribution in [0.3, 0.4) is 0 Å². The molecule has 22 heavy (non-hydrogen) atoms. The van der Waals surface area contributed by atoms with E-state index in [2.05, 4.69) is 20.5 Å². The second-order valence-corrected chi connectivity index (χ2v) is 5.58. The Balaban J connectivity index is 1.73. The van der Waals surface area contributed by atoms with Crippen molar-refractivity contribution in [1.82, 2.24) is 29.7 Å². The van der Waals surface area contributed by atoms with Crippen molar-refractivity contribution < 1.29 is 4.74 Å². The number of fused-ring (bicyclic) bond motifs is 1. The smallest absolute Gasteiger partial charge is 0.241 e. The van der Waals surface area contributed by atoms with Crippen LogP contribution in [0.1, 0.15) is 12.8 Å². The van der Waals surface area contributed by atoms with Gasteiger partial charge in [-0.25, -0.2) is 9.50 Å². The molecule has 0 radical (unpaired) electrons. The first-order chi connectivity index (χ1) is 10.8. The molecule has 1 aliphatic rings. The van der Waals surface area contributed by atoms with E-state index in [0.717, 1.165) is 42.7 Å². The topological polar surface area (TPSA) is 69.3 Å². The van der Waals surface area contributed by atoms with Gasteiger partial charge in [-0.15, -0.1) is 0 Å². The maximum atomic E-state index is 6.13. The maximum absolute atomic E-state index is 6.13. The zero-order chi connectivity index (χ0) is 14.9. The van der Waals surface area contributed by atoms with Gasteiger partial charge in [0.25, 0.3) is 0 Å². The standard InChI is InChI=1S/C15H18N6O/c1-20-9-11(7-18-20)13-10-21-14(4-6-17-21)15(19-13)22-12-3-2-5-16-8-12/h4,6-7,9-10,12,16H,2-3,5,8H2,1H3/t12-/m1/s1. The van der Waals surface area contributed by atoms with E-state index in [1.807, 2.05) is 25.5 Å². The number of piperidine rings is 1. The highest BCUT2D eigenvalue weighted by Gasteiger charge is 2.18. The molecule has 0 aliphatic carbocycles. The van der Waals surface area contributed by atoms with Gasteiger partial charge in [0.15, 0.2) is 0 Å². The summed E-state index contributed by atoms with van der Waals surface area (Å²) in [7, 11) is 1.89. The van der Waals surface area contributed by atoms with Crippen molar-refractivity contribution >= 4 is 5.52 Å². The van der Waals surface area contributed by atoms with Crippen LogP contribution in [0.15, 0.2) is 30.9 Å². The number of hydrogen-bond donors (Lipinski definition) is 1. The van der Waals surface area contributed by atoms with Crippen molar-refractivity contribution in [2.45, 2.75) is 18.9 Å². The number of rotatable bonds is 3. The van der Waals surface area contributed by atoms with Crippen LogP contribution in [-0.4, -0.2) is 43.6 Å². The predicted octanol–water partition coefficient (Wildman–Crippen LogP) is 1.26. The Bertz CT molecular complexity index is 786. The van der Waals surface area contributed by atoms with Crippen LogP contribution in [0.5, 0.6) is 5.88 Å². The number of aryl methyl sites for hydroxylation is 1. The van der Waals surface area contributed by atoms with Gasteiger partial charge < -0.3 is 10.1 Å². The van der Waals surface area contributed by atoms with Crippen molar-refractivity contribution in [1.29, 1.82) is 0 Å². The van der Waals surface area contributed by atoms with E-state index in [9.17, 15) is 0 Å². The van der Waals surface area contributed by atoms with Crippen LogP contribution in [0.4, 0.5) is 0 Å². The summed E-state index contributed by atoms with van der Waals surface area (Å²) in [4.78, 5) is 4.69. The molecule has 3 aromatic heterocycles. The van der Waals surface area contributed by atoms with Crippen molar-refractivity contribution in [3.8, 4) is 17.1 Å². The van der Waals surface area contributed by atoms with Crippen LogP contribution in [0, 0.1) is 0 Å². The number of hydrogen-bond acceptors (Lipinski definition) is 5. The lowest BCUT2D eigenvalue weighted by molar-refractivity contribution is 0.162. The van der Waals surface area contributed by atoms with Crippen LogP contribution in [-0.2, 0) is 7.05 Å². The van der Waals surface area contributed by atoms with Gasteiger partial charge in [0, 0.05) is 25.4 Å². The maximum Gasteiger partial charge on any atom is 0.241 e.